The molecule has 0 heterocycles. The monoisotopic (exact) mass is 397 g/mol. The first-order chi connectivity index (χ1) is 13.3. The van der Waals surface area contributed by atoms with Gasteiger partial charge in [-0.25, -0.2) is 8.42 Å². The third-order valence-electron chi connectivity index (χ3n) is 3.92. The summed E-state index contributed by atoms with van der Waals surface area (Å²) in [6.45, 7) is 0. The number of carbonyl (C=O) groups excluding carboxylic acids is 1. The van der Waals surface area contributed by atoms with Gasteiger partial charge in [-0.05, 0) is 30.3 Å². The molecule has 0 aromatic heterocycles. The molecular formula is C20H15NO6S. The number of hydrogen-bond acceptors (Lipinski definition) is 6. The Bertz CT molecular complexity index is 1160. The van der Waals surface area contributed by atoms with Crippen LogP contribution in [0.5, 0.6) is 11.5 Å². The molecular weight excluding hydrogens is 382 g/mol. The van der Waals surface area contributed by atoms with E-state index in [1.807, 2.05) is 0 Å². The highest BCUT2D eigenvalue weighted by Crippen LogP contribution is 2.33. The predicted molar refractivity (Wildman–Crippen MR) is 103 cm³/mol. The van der Waals surface area contributed by atoms with Crippen LogP contribution in [0.4, 0.5) is 5.69 Å². The van der Waals surface area contributed by atoms with E-state index in [1.54, 1.807) is 30.3 Å². The van der Waals surface area contributed by atoms with Crippen molar-refractivity contribution in [1.29, 1.82) is 0 Å². The molecule has 3 aromatic rings. The molecule has 0 radical (unpaired) electrons. The minimum absolute atomic E-state index is 0.0310. The largest absolute Gasteiger partial charge is 0.450 e. The summed E-state index contributed by atoms with van der Waals surface area (Å²) in [5.74, 6) is -0.317. The van der Waals surface area contributed by atoms with Crippen molar-refractivity contribution >= 4 is 21.3 Å². The maximum Gasteiger partial charge on any atom is 0.312 e. The lowest BCUT2D eigenvalue weighted by atomic mass is 10.0. The van der Waals surface area contributed by atoms with Gasteiger partial charge in [-0.15, -0.1) is 0 Å². The Morgan fingerprint density at radius 1 is 0.929 bits per heavy atom. The molecule has 3 aromatic carbocycles. The van der Waals surface area contributed by atoms with Crippen LogP contribution < -0.4 is 4.74 Å². The van der Waals surface area contributed by atoms with Crippen LogP contribution in [0.15, 0.2) is 77.7 Å². The molecule has 0 bridgehead atoms. The third-order valence-corrected chi connectivity index (χ3v) is 5.03. The molecule has 3 rings (SSSR count). The Balaban J connectivity index is 1.97. The van der Waals surface area contributed by atoms with Crippen LogP contribution in [0.1, 0.15) is 15.9 Å². The Labute approximate surface area is 161 Å². The van der Waals surface area contributed by atoms with Gasteiger partial charge in [0, 0.05) is 23.4 Å². The van der Waals surface area contributed by atoms with Gasteiger partial charge in [0.25, 0.3) is 0 Å². The third kappa shape index (κ3) is 4.24. The number of ketones is 1. The van der Waals surface area contributed by atoms with Crippen molar-refractivity contribution in [3.8, 4) is 11.5 Å². The summed E-state index contributed by atoms with van der Waals surface area (Å²) in [7, 11) is -3.45. The lowest BCUT2D eigenvalue weighted by molar-refractivity contribution is -0.385. The number of ether oxygens (including phenoxy) is 1. The zero-order chi connectivity index (χ0) is 20.3. The molecule has 8 heteroatoms. The number of benzene rings is 3. The van der Waals surface area contributed by atoms with E-state index in [0.29, 0.717) is 5.56 Å². The summed E-state index contributed by atoms with van der Waals surface area (Å²) in [5.41, 5.74) is 0.160. The quantitative estimate of drug-likeness (QED) is 0.353. The molecule has 0 saturated heterocycles. The molecule has 0 aliphatic heterocycles. The van der Waals surface area contributed by atoms with Crippen molar-refractivity contribution in [2.24, 2.45) is 0 Å². The van der Waals surface area contributed by atoms with Crippen molar-refractivity contribution in [2.45, 2.75) is 4.90 Å². The van der Waals surface area contributed by atoms with Crippen LogP contribution in [-0.2, 0) is 9.84 Å². The Hall–Kier alpha value is -3.52. The first-order valence-corrected chi connectivity index (χ1v) is 10.0. The minimum atomic E-state index is -3.45. The van der Waals surface area contributed by atoms with Crippen LogP contribution in [0.3, 0.4) is 0 Å². The Morgan fingerprint density at radius 2 is 1.64 bits per heavy atom. The van der Waals surface area contributed by atoms with Gasteiger partial charge in [-0.1, -0.05) is 36.4 Å². The van der Waals surface area contributed by atoms with Gasteiger partial charge >= 0.3 is 5.69 Å². The zero-order valence-electron chi connectivity index (χ0n) is 14.7. The number of rotatable bonds is 6. The smallest absolute Gasteiger partial charge is 0.312 e. The number of carbonyl (C=O) groups is 1. The molecule has 0 fully saturated rings. The number of nitro benzene ring substituents is 1. The summed E-state index contributed by atoms with van der Waals surface area (Å²) >= 11 is 0. The topological polar surface area (TPSA) is 104 Å². The summed E-state index contributed by atoms with van der Waals surface area (Å²) in [4.78, 5) is 23.4. The molecule has 0 amide bonds. The molecule has 0 spiro atoms. The fourth-order valence-electron chi connectivity index (χ4n) is 2.54. The summed E-state index contributed by atoms with van der Waals surface area (Å²) < 4.78 is 28.9. The predicted octanol–water partition coefficient (Wildman–Crippen LogP) is 4.02. The minimum Gasteiger partial charge on any atom is -0.450 e. The zero-order valence-corrected chi connectivity index (χ0v) is 15.5. The summed E-state index contributed by atoms with van der Waals surface area (Å²) in [6, 6.07) is 17.9. The van der Waals surface area contributed by atoms with E-state index in [-0.39, 0.29) is 27.7 Å². The molecule has 142 valence electrons. The van der Waals surface area contributed by atoms with E-state index in [2.05, 4.69) is 0 Å². The molecule has 0 saturated carbocycles. The fourth-order valence-corrected chi connectivity index (χ4v) is 3.20. The van der Waals surface area contributed by atoms with Crippen molar-refractivity contribution in [1.82, 2.24) is 0 Å². The number of nitrogens with zero attached hydrogens (tertiary/aromatic N) is 1. The van der Waals surface area contributed by atoms with Crippen LogP contribution in [-0.4, -0.2) is 25.4 Å². The highest BCUT2D eigenvalue weighted by Gasteiger charge is 2.20. The highest BCUT2D eigenvalue weighted by molar-refractivity contribution is 7.90. The van der Waals surface area contributed by atoms with Crippen LogP contribution in [0, 0.1) is 10.1 Å². The van der Waals surface area contributed by atoms with Crippen LogP contribution in [0.2, 0.25) is 0 Å². The van der Waals surface area contributed by atoms with E-state index < -0.39 is 20.4 Å². The van der Waals surface area contributed by atoms with Gasteiger partial charge < -0.3 is 4.74 Å². The molecule has 7 nitrogen and oxygen atoms in total. The molecule has 0 aliphatic rings. The SMILES string of the molecule is CS(=O)(=O)c1cccc(Oc2ccc(C(=O)c3ccccc3)cc2[N+](=O)[O-])c1. The number of nitro groups is 1. The van der Waals surface area contributed by atoms with Crippen molar-refractivity contribution in [3.05, 3.63) is 94.0 Å². The standard InChI is InChI=1S/C20H15NO6S/c1-28(25,26)17-9-5-8-16(13-17)27-19-11-10-15(12-18(19)21(23)24)20(22)14-6-3-2-4-7-14/h2-13H,1H3. The van der Waals surface area contributed by atoms with Crippen LogP contribution in [0.25, 0.3) is 0 Å². The van der Waals surface area contributed by atoms with Gasteiger partial charge in [-0.3, -0.25) is 14.9 Å². The second-order valence-electron chi connectivity index (χ2n) is 5.98. The van der Waals surface area contributed by atoms with E-state index >= 15 is 0 Å². The van der Waals surface area contributed by atoms with Crippen LogP contribution >= 0.6 is 0 Å². The van der Waals surface area contributed by atoms with Crippen molar-refractivity contribution < 1.29 is 22.9 Å². The average molecular weight is 397 g/mol. The average Bonchev–Trinajstić information content (AvgIpc) is 2.68. The van der Waals surface area contributed by atoms with Crippen molar-refractivity contribution in [2.75, 3.05) is 6.26 Å². The Kier molecular flexibility index (Phi) is 5.23. The normalized spacial score (nSPS) is 11.0. The summed E-state index contributed by atoms with van der Waals surface area (Å²) in [5, 5.41) is 11.5. The molecule has 0 atom stereocenters. The maximum atomic E-state index is 12.5. The molecule has 0 unspecified atom stereocenters. The Morgan fingerprint density at radius 3 is 2.29 bits per heavy atom. The van der Waals surface area contributed by atoms with E-state index in [1.165, 1.54) is 36.4 Å². The number of hydrogen-bond donors (Lipinski definition) is 0. The first-order valence-electron chi connectivity index (χ1n) is 8.12. The lowest BCUT2D eigenvalue weighted by Gasteiger charge is -2.09. The van der Waals surface area contributed by atoms with Crippen molar-refractivity contribution in [3.63, 3.8) is 0 Å². The van der Waals surface area contributed by atoms with E-state index in [0.717, 1.165) is 12.3 Å². The summed E-state index contributed by atoms with van der Waals surface area (Å²) in [6.07, 6.45) is 1.05. The molecule has 0 N–H and O–H groups in total. The van der Waals surface area contributed by atoms with Gasteiger partial charge in [0.1, 0.15) is 5.75 Å². The lowest BCUT2D eigenvalue weighted by Crippen LogP contribution is -2.03. The molecule has 28 heavy (non-hydrogen) atoms. The van der Waals surface area contributed by atoms with Gasteiger partial charge in [0.2, 0.25) is 5.75 Å². The molecule has 0 aliphatic carbocycles. The first kappa shape index (κ1) is 19.2. The van der Waals surface area contributed by atoms with Gasteiger partial charge in [-0.2, -0.15) is 0 Å². The second-order valence-corrected chi connectivity index (χ2v) is 8.00. The van der Waals surface area contributed by atoms with E-state index in [4.69, 9.17) is 4.74 Å². The fraction of sp³-hybridized carbons (Fsp3) is 0.0500. The van der Waals surface area contributed by atoms with Gasteiger partial charge in [0.15, 0.2) is 15.6 Å². The van der Waals surface area contributed by atoms with E-state index in [9.17, 15) is 23.3 Å². The maximum absolute atomic E-state index is 12.5. The van der Waals surface area contributed by atoms with Gasteiger partial charge in [0.05, 0.1) is 9.82 Å². The highest BCUT2D eigenvalue weighted by atomic mass is 32.2. The number of sulfone groups is 1. The second kappa shape index (κ2) is 7.61.